The lowest BCUT2D eigenvalue weighted by Gasteiger charge is -2.00. The van der Waals surface area contributed by atoms with Crippen LogP contribution in [0.25, 0.3) is 0 Å². The second-order valence-corrected chi connectivity index (χ2v) is 5.14. The van der Waals surface area contributed by atoms with Crippen molar-refractivity contribution in [3.63, 3.8) is 0 Å². The van der Waals surface area contributed by atoms with E-state index in [-0.39, 0.29) is 0 Å². The second-order valence-electron chi connectivity index (χ2n) is 4.16. The molecule has 2 nitrogen and oxygen atoms in total. The molecule has 0 aromatic carbocycles. The van der Waals surface area contributed by atoms with Crippen LogP contribution in [-0.4, -0.2) is 10.8 Å². The Morgan fingerprint density at radius 2 is 2.00 bits per heavy atom. The number of nitrogens with zero attached hydrogens (tertiary/aromatic N) is 1. The van der Waals surface area contributed by atoms with E-state index in [1.54, 1.807) is 17.5 Å². The van der Waals surface area contributed by atoms with E-state index in [1.807, 2.05) is 5.38 Å². The minimum Gasteiger partial charge on any atom is -0.299 e. The van der Waals surface area contributed by atoms with Crippen molar-refractivity contribution < 1.29 is 4.79 Å². The molecule has 0 atom stereocenters. The molecule has 0 aliphatic heterocycles. The molecule has 1 rings (SSSR count). The summed E-state index contributed by atoms with van der Waals surface area (Å²) in [5.74, 6) is 0.338. The molecule has 3 heteroatoms. The van der Waals surface area contributed by atoms with E-state index < -0.39 is 0 Å². The average molecular weight is 239 g/mol. The first-order valence-corrected chi connectivity index (χ1v) is 7.11. The number of aromatic nitrogens is 1. The summed E-state index contributed by atoms with van der Waals surface area (Å²) >= 11 is 1.57. The Morgan fingerprint density at radius 1 is 1.25 bits per heavy atom. The molecule has 0 unspecified atom stereocenters. The van der Waals surface area contributed by atoms with Crippen LogP contribution in [0.1, 0.15) is 56.9 Å². The summed E-state index contributed by atoms with van der Waals surface area (Å²) in [6.45, 7) is 2.22. The Morgan fingerprint density at radius 3 is 2.69 bits per heavy atom. The summed E-state index contributed by atoms with van der Waals surface area (Å²) in [5.41, 5.74) is 0. The van der Waals surface area contributed by atoms with Gasteiger partial charge in [-0.25, -0.2) is 4.98 Å². The van der Waals surface area contributed by atoms with Crippen molar-refractivity contribution in [2.75, 3.05) is 0 Å². The summed E-state index contributed by atoms with van der Waals surface area (Å²) < 4.78 is 0. The molecule has 1 aromatic heterocycles. The molecule has 1 heterocycles. The Labute approximate surface area is 102 Å². The molecule has 0 amide bonds. The van der Waals surface area contributed by atoms with E-state index in [9.17, 15) is 4.79 Å². The lowest BCUT2D eigenvalue weighted by molar-refractivity contribution is -0.118. The van der Waals surface area contributed by atoms with Gasteiger partial charge in [0, 0.05) is 18.0 Å². The Bertz CT molecular complexity index is 282. The molecule has 0 saturated carbocycles. The number of hydrogen-bond donors (Lipinski definition) is 0. The third-order valence-electron chi connectivity index (χ3n) is 2.64. The van der Waals surface area contributed by atoms with Gasteiger partial charge in [-0.15, -0.1) is 11.3 Å². The zero-order valence-electron chi connectivity index (χ0n) is 10.1. The van der Waals surface area contributed by atoms with E-state index in [0.717, 1.165) is 17.8 Å². The summed E-state index contributed by atoms with van der Waals surface area (Å²) in [6.07, 6.45) is 10.5. The summed E-state index contributed by atoms with van der Waals surface area (Å²) in [6, 6.07) is 0. The van der Waals surface area contributed by atoms with E-state index >= 15 is 0 Å². The molecule has 0 aliphatic carbocycles. The van der Waals surface area contributed by atoms with Gasteiger partial charge in [0.25, 0.3) is 0 Å². The SMILES string of the molecule is CCCCCCCCC(=O)Cc1nccs1. The fourth-order valence-corrected chi connectivity index (χ4v) is 2.34. The number of thiazole rings is 1. The zero-order chi connectivity index (χ0) is 11.6. The maximum Gasteiger partial charge on any atom is 0.139 e. The van der Waals surface area contributed by atoms with Crippen LogP contribution < -0.4 is 0 Å². The van der Waals surface area contributed by atoms with Crippen molar-refractivity contribution in [3.8, 4) is 0 Å². The largest absolute Gasteiger partial charge is 0.299 e. The third-order valence-corrected chi connectivity index (χ3v) is 3.42. The molecule has 16 heavy (non-hydrogen) atoms. The fraction of sp³-hybridized carbons (Fsp3) is 0.692. The predicted molar refractivity (Wildman–Crippen MR) is 68.8 cm³/mol. The molecular weight excluding hydrogens is 218 g/mol. The highest BCUT2D eigenvalue weighted by atomic mass is 32.1. The van der Waals surface area contributed by atoms with Crippen molar-refractivity contribution in [1.29, 1.82) is 0 Å². The molecule has 0 spiro atoms. The van der Waals surface area contributed by atoms with Gasteiger partial charge in [0.1, 0.15) is 5.78 Å². The van der Waals surface area contributed by atoms with Crippen molar-refractivity contribution in [1.82, 2.24) is 4.98 Å². The number of hydrogen-bond acceptors (Lipinski definition) is 3. The number of rotatable bonds is 9. The highest BCUT2D eigenvalue weighted by Gasteiger charge is 2.05. The predicted octanol–water partition coefficient (Wildman–Crippen LogP) is 4.01. The molecule has 0 N–H and O–H groups in total. The van der Waals surface area contributed by atoms with Crippen LogP contribution >= 0.6 is 11.3 Å². The summed E-state index contributed by atoms with van der Waals surface area (Å²) in [7, 11) is 0. The number of unbranched alkanes of at least 4 members (excludes halogenated alkanes) is 5. The van der Waals surface area contributed by atoms with E-state index in [4.69, 9.17) is 0 Å². The minimum atomic E-state index is 0.338. The van der Waals surface area contributed by atoms with Gasteiger partial charge in [-0.2, -0.15) is 0 Å². The van der Waals surface area contributed by atoms with Crippen molar-refractivity contribution >= 4 is 17.1 Å². The zero-order valence-corrected chi connectivity index (χ0v) is 10.9. The quantitative estimate of drug-likeness (QED) is 0.609. The molecule has 0 fully saturated rings. The highest BCUT2D eigenvalue weighted by Crippen LogP contribution is 2.10. The highest BCUT2D eigenvalue weighted by molar-refractivity contribution is 7.09. The number of ketones is 1. The first-order valence-electron chi connectivity index (χ1n) is 6.23. The topological polar surface area (TPSA) is 30.0 Å². The molecule has 0 aliphatic rings. The Kier molecular flexibility index (Phi) is 7.06. The van der Waals surface area contributed by atoms with E-state index in [1.165, 1.54) is 32.1 Å². The van der Waals surface area contributed by atoms with E-state index in [0.29, 0.717) is 12.2 Å². The van der Waals surface area contributed by atoms with Crippen LogP contribution in [0.2, 0.25) is 0 Å². The minimum absolute atomic E-state index is 0.338. The van der Waals surface area contributed by atoms with Crippen molar-refractivity contribution in [2.24, 2.45) is 0 Å². The molecular formula is C13H21NOS. The van der Waals surface area contributed by atoms with Gasteiger partial charge in [0.2, 0.25) is 0 Å². The van der Waals surface area contributed by atoms with Crippen molar-refractivity contribution in [3.05, 3.63) is 16.6 Å². The van der Waals surface area contributed by atoms with Crippen LogP contribution in [0.3, 0.4) is 0 Å². The molecule has 0 bridgehead atoms. The molecule has 0 saturated heterocycles. The van der Waals surface area contributed by atoms with Gasteiger partial charge in [-0.3, -0.25) is 4.79 Å². The first-order chi connectivity index (χ1) is 7.83. The van der Waals surface area contributed by atoms with E-state index in [2.05, 4.69) is 11.9 Å². The average Bonchev–Trinajstić information content (AvgIpc) is 2.76. The van der Waals surface area contributed by atoms with Gasteiger partial charge in [-0.05, 0) is 6.42 Å². The normalized spacial score (nSPS) is 10.6. The summed E-state index contributed by atoms with van der Waals surface area (Å²) in [5, 5.41) is 2.88. The second kappa shape index (κ2) is 8.45. The van der Waals surface area contributed by atoms with Crippen LogP contribution in [0, 0.1) is 0 Å². The first kappa shape index (κ1) is 13.4. The van der Waals surface area contributed by atoms with Gasteiger partial charge in [-0.1, -0.05) is 39.0 Å². The van der Waals surface area contributed by atoms with Crippen LogP contribution in [-0.2, 0) is 11.2 Å². The maximum atomic E-state index is 11.6. The third kappa shape index (κ3) is 6.01. The molecule has 1 aromatic rings. The van der Waals surface area contributed by atoms with Gasteiger partial charge >= 0.3 is 0 Å². The summed E-state index contributed by atoms with van der Waals surface area (Å²) in [4.78, 5) is 15.7. The van der Waals surface area contributed by atoms with Crippen LogP contribution in [0.5, 0.6) is 0 Å². The molecule has 90 valence electrons. The van der Waals surface area contributed by atoms with Crippen LogP contribution in [0.15, 0.2) is 11.6 Å². The number of carbonyl (C=O) groups excluding carboxylic acids is 1. The lowest BCUT2D eigenvalue weighted by atomic mass is 10.1. The van der Waals surface area contributed by atoms with Gasteiger partial charge < -0.3 is 0 Å². The number of carbonyl (C=O) groups is 1. The standard InChI is InChI=1S/C13H21NOS/c1-2-3-4-5-6-7-8-12(15)11-13-14-9-10-16-13/h9-10H,2-8,11H2,1H3. The van der Waals surface area contributed by atoms with Gasteiger partial charge in [0.05, 0.1) is 11.4 Å². The maximum absolute atomic E-state index is 11.6. The molecule has 0 radical (unpaired) electrons. The van der Waals surface area contributed by atoms with Gasteiger partial charge in [0.15, 0.2) is 0 Å². The Balaban J connectivity index is 1.98. The Hall–Kier alpha value is -0.700. The number of Topliss-reactive ketones (excluding diaryl/α,β-unsaturated/α-hetero) is 1. The van der Waals surface area contributed by atoms with Crippen LogP contribution in [0.4, 0.5) is 0 Å². The van der Waals surface area contributed by atoms with Crippen molar-refractivity contribution in [2.45, 2.75) is 58.3 Å². The monoisotopic (exact) mass is 239 g/mol. The fourth-order valence-electron chi connectivity index (χ4n) is 1.70. The lowest BCUT2D eigenvalue weighted by Crippen LogP contribution is -2.01. The smallest absolute Gasteiger partial charge is 0.139 e.